The molecule has 0 radical (unpaired) electrons. The van der Waals surface area contributed by atoms with Gasteiger partial charge in [0.25, 0.3) is 0 Å². The molecule has 4 rings (SSSR count). The molecule has 38 heavy (non-hydrogen) atoms. The van der Waals surface area contributed by atoms with E-state index in [1.54, 1.807) is 31.7 Å². The van der Waals surface area contributed by atoms with E-state index in [1.165, 1.54) is 6.07 Å². The second-order valence-electron chi connectivity index (χ2n) is 9.42. The molecule has 2 amide bonds. The molecule has 3 atom stereocenters. The average molecular weight is 530 g/mol. The molecular weight excluding hydrogens is 496 g/mol. The number of nitrogens with zero attached hydrogens (tertiary/aromatic N) is 3. The zero-order valence-corrected chi connectivity index (χ0v) is 21.7. The second-order valence-corrected chi connectivity index (χ2v) is 9.42. The SMILES string of the molecule is COCCN1CC(NC(=O)Nc2c(C)c(OCC(C)O)nn2-c2ccccc2)C(c2ccc(F)c(F)c2)C1. The first kappa shape index (κ1) is 27.5. The van der Waals surface area contributed by atoms with Crippen molar-refractivity contribution < 1.29 is 28.2 Å². The van der Waals surface area contributed by atoms with Crippen LogP contribution in [0.3, 0.4) is 0 Å². The smallest absolute Gasteiger partial charge is 0.320 e. The number of methoxy groups -OCH3 is 1. The van der Waals surface area contributed by atoms with E-state index < -0.39 is 23.8 Å². The minimum atomic E-state index is -0.923. The van der Waals surface area contributed by atoms with Crippen molar-refractivity contribution in [3.63, 3.8) is 0 Å². The summed E-state index contributed by atoms with van der Waals surface area (Å²) in [7, 11) is 1.61. The Kier molecular flexibility index (Phi) is 8.93. The number of rotatable bonds is 10. The van der Waals surface area contributed by atoms with E-state index in [4.69, 9.17) is 9.47 Å². The summed E-state index contributed by atoms with van der Waals surface area (Å²) in [4.78, 5) is 15.4. The summed E-state index contributed by atoms with van der Waals surface area (Å²) in [5.74, 6) is -1.39. The quantitative estimate of drug-likeness (QED) is 0.372. The molecule has 204 valence electrons. The van der Waals surface area contributed by atoms with Crippen LogP contribution in [-0.4, -0.2) is 77.9 Å². The third-order valence-electron chi connectivity index (χ3n) is 6.47. The monoisotopic (exact) mass is 529 g/mol. The van der Waals surface area contributed by atoms with Crippen molar-refractivity contribution >= 4 is 11.8 Å². The van der Waals surface area contributed by atoms with Crippen molar-refractivity contribution in [1.82, 2.24) is 20.0 Å². The number of anilines is 1. The number of benzene rings is 2. The van der Waals surface area contributed by atoms with Crippen LogP contribution >= 0.6 is 0 Å². The lowest BCUT2D eigenvalue weighted by molar-refractivity contribution is 0.119. The van der Waals surface area contributed by atoms with Crippen LogP contribution in [0.2, 0.25) is 0 Å². The van der Waals surface area contributed by atoms with E-state index in [9.17, 15) is 18.7 Å². The number of hydrogen-bond donors (Lipinski definition) is 3. The van der Waals surface area contributed by atoms with Gasteiger partial charge in [-0.3, -0.25) is 10.2 Å². The van der Waals surface area contributed by atoms with E-state index in [0.717, 1.165) is 6.07 Å². The van der Waals surface area contributed by atoms with Crippen LogP contribution in [0, 0.1) is 18.6 Å². The van der Waals surface area contributed by atoms with Crippen molar-refractivity contribution in [2.75, 3.05) is 45.3 Å². The summed E-state index contributed by atoms with van der Waals surface area (Å²) in [6.07, 6.45) is -0.687. The minimum absolute atomic E-state index is 0.0492. The number of urea groups is 1. The maximum atomic E-state index is 14.0. The Morgan fingerprint density at radius 2 is 1.95 bits per heavy atom. The highest BCUT2D eigenvalue weighted by molar-refractivity contribution is 5.90. The van der Waals surface area contributed by atoms with E-state index in [0.29, 0.717) is 48.9 Å². The molecule has 11 heteroatoms. The first-order chi connectivity index (χ1) is 18.3. The van der Waals surface area contributed by atoms with Gasteiger partial charge >= 0.3 is 6.03 Å². The van der Waals surface area contributed by atoms with Gasteiger partial charge in [0.05, 0.1) is 30.0 Å². The minimum Gasteiger partial charge on any atom is -0.474 e. The maximum absolute atomic E-state index is 14.0. The number of amides is 2. The number of aliphatic hydroxyl groups excluding tert-OH is 1. The summed E-state index contributed by atoms with van der Waals surface area (Å²) >= 11 is 0. The number of aromatic nitrogens is 2. The van der Waals surface area contributed by atoms with Crippen LogP contribution in [0.15, 0.2) is 48.5 Å². The fourth-order valence-electron chi connectivity index (χ4n) is 4.54. The van der Waals surface area contributed by atoms with Gasteiger partial charge in [0.2, 0.25) is 5.88 Å². The van der Waals surface area contributed by atoms with Crippen LogP contribution in [0.1, 0.15) is 24.0 Å². The molecule has 0 aliphatic carbocycles. The molecule has 0 bridgehead atoms. The number of ether oxygens (including phenoxy) is 2. The molecule has 3 unspecified atom stereocenters. The second kappa shape index (κ2) is 12.3. The molecule has 0 spiro atoms. The Bertz CT molecular complexity index is 1240. The number of halogens is 2. The van der Waals surface area contributed by atoms with E-state index >= 15 is 0 Å². The molecule has 9 nitrogen and oxygen atoms in total. The van der Waals surface area contributed by atoms with Crippen molar-refractivity contribution in [1.29, 1.82) is 0 Å². The molecule has 3 N–H and O–H groups in total. The normalized spacial score (nSPS) is 18.4. The lowest BCUT2D eigenvalue weighted by atomic mass is 9.94. The lowest BCUT2D eigenvalue weighted by Crippen LogP contribution is -2.42. The van der Waals surface area contributed by atoms with Gasteiger partial charge in [-0.1, -0.05) is 24.3 Å². The largest absolute Gasteiger partial charge is 0.474 e. The number of carbonyl (C=O) groups excluding carboxylic acids is 1. The number of likely N-dealkylation sites (tertiary alicyclic amines) is 1. The van der Waals surface area contributed by atoms with Gasteiger partial charge in [-0.25, -0.2) is 18.3 Å². The van der Waals surface area contributed by atoms with Gasteiger partial charge in [-0.2, -0.15) is 0 Å². The van der Waals surface area contributed by atoms with Gasteiger partial charge in [0, 0.05) is 32.7 Å². The van der Waals surface area contributed by atoms with E-state index in [-0.39, 0.29) is 24.4 Å². The third-order valence-corrected chi connectivity index (χ3v) is 6.47. The molecule has 1 fully saturated rings. The van der Waals surface area contributed by atoms with Crippen LogP contribution in [-0.2, 0) is 4.74 Å². The molecule has 2 heterocycles. The molecule has 3 aromatic rings. The Morgan fingerprint density at radius 1 is 1.18 bits per heavy atom. The van der Waals surface area contributed by atoms with Crippen molar-refractivity contribution in [3.05, 3.63) is 71.3 Å². The van der Waals surface area contributed by atoms with Gasteiger partial charge in [-0.05, 0) is 43.7 Å². The molecular formula is C27H33F2N5O4. The van der Waals surface area contributed by atoms with E-state index in [2.05, 4.69) is 20.6 Å². The van der Waals surface area contributed by atoms with Crippen LogP contribution < -0.4 is 15.4 Å². The number of hydrogen-bond acceptors (Lipinski definition) is 6. The average Bonchev–Trinajstić information content (AvgIpc) is 3.44. The zero-order valence-electron chi connectivity index (χ0n) is 21.7. The number of aliphatic hydroxyl groups is 1. The topological polar surface area (TPSA) is 101 Å². The molecule has 1 aliphatic heterocycles. The summed E-state index contributed by atoms with van der Waals surface area (Å²) in [6, 6.07) is 12.3. The van der Waals surface area contributed by atoms with Crippen LogP contribution in [0.25, 0.3) is 5.69 Å². The van der Waals surface area contributed by atoms with Gasteiger partial charge in [0.1, 0.15) is 12.4 Å². The summed E-state index contributed by atoms with van der Waals surface area (Å²) < 4.78 is 40.0. The Hall–Kier alpha value is -3.54. The highest BCUT2D eigenvalue weighted by atomic mass is 19.2. The van der Waals surface area contributed by atoms with E-state index in [1.807, 2.05) is 30.3 Å². The third kappa shape index (κ3) is 6.47. The summed E-state index contributed by atoms with van der Waals surface area (Å²) in [6.45, 7) is 5.64. The van der Waals surface area contributed by atoms with Gasteiger partial charge in [-0.15, -0.1) is 5.10 Å². The van der Waals surface area contributed by atoms with Crippen molar-refractivity contribution in [2.45, 2.75) is 31.9 Å². The molecule has 1 aromatic heterocycles. The van der Waals surface area contributed by atoms with Crippen LogP contribution in [0.4, 0.5) is 19.4 Å². The standard InChI is InChI=1S/C27H33F2N5O4/c1-17(35)16-38-26-18(2)25(34(32-26)20-7-5-4-6-8-20)31-27(36)30-24-15-33(11-12-37-3)14-21(24)19-9-10-22(28)23(29)13-19/h4-10,13,17,21,24,35H,11-12,14-16H2,1-3H3,(H2,30,31,36). The predicted molar refractivity (Wildman–Crippen MR) is 139 cm³/mol. The molecule has 1 saturated heterocycles. The number of para-hydroxylation sites is 1. The Labute approximate surface area is 220 Å². The first-order valence-corrected chi connectivity index (χ1v) is 12.5. The molecule has 1 aliphatic rings. The highest BCUT2D eigenvalue weighted by Crippen LogP contribution is 2.31. The van der Waals surface area contributed by atoms with Gasteiger partial charge < -0.3 is 19.9 Å². The number of carbonyl (C=O) groups is 1. The van der Waals surface area contributed by atoms with Crippen molar-refractivity contribution in [3.8, 4) is 11.6 Å². The highest BCUT2D eigenvalue weighted by Gasteiger charge is 2.35. The van der Waals surface area contributed by atoms with Gasteiger partial charge in [0.15, 0.2) is 11.6 Å². The fourth-order valence-corrected chi connectivity index (χ4v) is 4.54. The fraction of sp³-hybridized carbons (Fsp3) is 0.407. The first-order valence-electron chi connectivity index (χ1n) is 12.5. The van der Waals surface area contributed by atoms with Crippen LogP contribution in [0.5, 0.6) is 5.88 Å². The summed E-state index contributed by atoms with van der Waals surface area (Å²) in [5, 5.41) is 20.0. The molecule has 0 saturated carbocycles. The number of nitrogens with one attached hydrogen (secondary N) is 2. The maximum Gasteiger partial charge on any atom is 0.320 e. The van der Waals surface area contributed by atoms with Crippen molar-refractivity contribution in [2.24, 2.45) is 0 Å². The zero-order chi connectivity index (χ0) is 27.2. The lowest BCUT2D eigenvalue weighted by Gasteiger charge is -2.21. The summed E-state index contributed by atoms with van der Waals surface area (Å²) in [5.41, 5.74) is 1.91. The Morgan fingerprint density at radius 3 is 2.63 bits per heavy atom. The Balaban J connectivity index is 1.56. The molecule has 2 aromatic carbocycles. The predicted octanol–water partition coefficient (Wildman–Crippen LogP) is 3.45.